The van der Waals surface area contributed by atoms with Gasteiger partial charge < -0.3 is 35.7 Å². The Labute approximate surface area is 666 Å². The highest BCUT2D eigenvalue weighted by atomic mass is 32.2. The number of methoxy groups -OCH3 is 4. The average Bonchev–Trinajstić information content (AvgIpc) is 1.56. The van der Waals surface area contributed by atoms with Gasteiger partial charge in [0.15, 0.2) is 0 Å². The number of ether oxygens (including phenoxy) is 4. The molecule has 20 nitrogen and oxygen atoms in total. The molecule has 8 saturated carbocycles. The Hall–Kier alpha value is -6.24. The lowest BCUT2D eigenvalue weighted by atomic mass is 9.70. The number of hydrogen-bond donors (Lipinski definition) is 0. The Bertz CT molecular complexity index is 4340. The predicted octanol–water partition coefficient (Wildman–Crippen LogP) is 17.2. The highest BCUT2D eigenvalue weighted by molar-refractivity contribution is 7.88. The Kier molecular flexibility index (Phi) is 21.6. The Morgan fingerprint density at radius 2 is 0.464 bits per heavy atom. The van der Waals surface area contributed by atoms with Crippen molar-refractivity contribution >= 4 is 63.6 Å². The van der Waals surface area contributed by atoms with Crippen molar-refractivity contribution in [3.8, 4) is 46.0 Å². The van der Waals surface area contributed by atoms with Crippen molar-refractivity contribution in [2.75, 3.05) is 51.5 Å². The fraction of sp³-hybridized carbons (Fsp3) is 0.682. The van der Waals surface area contributed by atoms with Gasteiger partial charge in [-0.3, -0.25) is 19.2 Å². The van der Waals surface area contributed by atoms with Crippen LogP contribution < -0.4 is 35.7 Å². The SMILES string of the molecule is COc1cc(OS(=O)(=O)C[C@]23CC[C@H](CC2=O)C3(C)C)c2cc1[C@@H](CC(C)C)c1cc(c(OC)cc1OS(=O)(=O)C[C@]13CC[C@H](CC1=O)C3(C)C)[C@@H](CC(C)C)c1cc(c(OC)cc1OS(=O)(=O)C[C@]13CC[C@H](CC1=O)C3(C)C)[C@@H](CC(C)C)c1cc(c(OC)cc1OS(=O)(=O)C[C@]13CC[C@H](CC1=O)C3(C)C)[C@H]2CC(C)C. The number of Topliss-reactive ketones (excluding diaryl/α,β-unsaturated/α-hetero) is 4. The zero-order chi connectivity index (χ0) is 81.9. The molecule has 24 heteroatoms. The summed E-state index contributed by atoms with van der Waals surface area (Å²) in [7, 11) is -13.2. The van der Waals surface area contributed by atoms with Crippen LogP contribution in [0.5, 0.6) is 46.0 Å². The summed E-state index contributed by atoms with van der Waals surface area (Å²) < 4.78 is 178. The molecule has 112 heavy (non-hydrogen) atoms. The van der Waals surface area contributed by atoms with Crippen molar-refractivity contribution in [2.24, 2.45) is 90.7 Å². The van der Waals surface area contributed by atoms with Gasteiger partial charge in [0.25, 0.3) is 0 Å². The molecule has 0 radical (unpaired) electrons. The summed E-state index contributed by atoms with van der Waals surface area (Å²) in [5.41, 5.74) is -4.78. The lowest BCUT2D eigenvalue weighted by Gasteiger charge is -2.36. The Morgan fingerprint density at radius 3 is 0.598 bits per heavy atom. The molecule has 0 heterocycles. The van der Waals surface area contributed by atoms with Crippen LogP contribution >= 0.6 is 0 Å². The van der Waals surface area contributed by atoms with E-state index in [4.69, 9.17) is 35.7 Å². The van der Waals surface area contributed by atoms with E-state index in [0.717, 1.165) is 0 Å². The third kappa shape index (κ3) is 13.8. The van der Waals surface area contributed by atoms with Gasteiger partial charge >= 0.3 is 40.5 Å². The van der Waals surface area contributed by atoms with Crippen molar-refractivity contribution in [1.82, 2.24) is 0 Å². The monoisotopic (exact) mass is 1620 g/mol. The summed E-state index contributed by atoms with van der Waals surface area (Å²) >= 11 is 0. The normalized spacial score (nSPS) is 29.9. The average molecular weight is 1630 g/mol. The molecule has 9 aliphatic rings. The molecule has 8 fully saturated rings. The van der Waals surface area contributed by atoms with Gasteiger partial charge in [-0.05, 0) is 170 Å². The highest BCUT2D eigenvalue weighted by Crippen LogP contribution is 2.69. The molecular formula is C88H120O20S4. The number of fused-ring (bicyclic) bond motifs is 16. The number of ketones is 4. The van der Waals surface area contributed by atoms with Crippen molar-refractivity contribution in [1.29, 1.82) is 0 Å². The maximum absolute atomic E-state index is 15.6. The molecule has 0 aromatic heterocycles. The van der Waals surface area contributed by atoms with Crippen LogP contribution in [0.4, 0.5) is 0 Å². The Morgan fingerprint density at radius 1 is 0.295 bits per heavy atom. The maximum Gasteiger partial charge on any atom is 0.310 e. The molecule has 12 atom stereocenters. The standard InChI is InChI=1S/C88H120O20S4/c1-49(2)29-57-61-37-66(74(41-69(61)101-17)106-110(95,96)46-86-26-22-54(34-78(86)90)82(86,11)12)59(31-51(5)6)63-39-68(76(43-71(63)103-19)108-112(99,100)48-88-28-24-56(36-80(88)92)84(88,15)16)60(32-52(7)8)64-40-67(75(44-72(64)104-20)107-111(97,98)47-87-27-23-55(35-79(87)91)83(87,13)14)58(30-50(3)4)62-38-65(57)73(42-70(62)102-18)105-109(93,94)45-85-25-21-53(33-77(85)89)81(85,9)10/h37-44,49-60H,21-36,45-48H2,1-20H3/t53-,54-,55-,56-,57-,58-,59-,60-,85-,86-,87-,88-/m1/s1. The third-order valence-electron chi connectivity index (χ3n) is 30.4. The van der Waals surface area contributed by atoms with Crippen LogP contribution in [0, 0.1) is 90.7 Å². The van der Waals surface area contributed by atoms with E-state index in [9.17, 15) is 19.2 Å². The van der Waals surface area contributed by atoms with E-state index < -0.39 is 130 Å². The second-order valence-corrected chi connectivity index (χ2v) is 45.3. The molecular weight excluding hydrogens is 1510 g/mol. The van der Waals surface area contributed by atoms with Gasteiger partial charge in [0, 0.05) is 118 Å². The molecule has 0 aliphatic heterocycles. The lowest BCUT2D eigenvalue weighted by Crippen LogP contribution is -2.43. The molecule has 13 rings (SSSR count). The minimum absolute atomic E-state index is 0.0283. The second-order valence-electron chi connectivity index (χ2n) is 39.1. The van der Waals surface area contributed by atoms with Gasteiger partial charge in [0.05, 0.1) is 73.1 Å². The molecule has 4 aromatic carbocycles. The topological polar surface area (TPSA) is 279 Å². The largest absolute Gasteiger partial charge is 0.496 e. The van der Waals surface area contributed by atoms with E-state index >= 15 is 33.7 Å². The number of carbonyl (C=O) groups is 4. The van der Waals surface area contributed by atoms with Crippen LogP contribution in [-0.4, -0.2) is 108 Å². The van der Waals surface area contributed by atoms with E-state index in [0.29, 0.717) is 95.9 Å². The fourth-order valence-electron chi connectivity index (χ4n) is 23.4. The first-order valence-electron chi connectivity index (χ1n) is 40.7. The van der Waals surface area contributed by atoms with Crippen LogP contribution in [0.15, 0.2) is 48.5 Å². The summed E-state index contributed by atoms with van der Waals surface area (Å²) in [5.74, 6) is -7.76. The van der Waals surface area contributed by atoms with Crippen molar-refractivity contribution in [3.05, 3.63) is 93.0 Å². The van der Waals surface area contributed by atoms with Gasteiger partial charge in [-0.1, -0.05) is 111 Å². The lowest BCUT2D eigenvalue weighted by molar-refractivity contribution is -0.128. The first-order chi connectivity index (χ1) is 52.0. The summed E-state index contributed by atoms with van der Waals surface area (Å²) in [6, 6.07) is 13.5. The van der Waals surface area contributed by atoms with Crippen LogP contribution in [0.3, 0.4) is 0 Å². The molecule has 0 amide bonds. The quantitative estimate of drug-likeness (QED) is 0.0478. The van der Waals surface area contributed by atoms with Gasteiger partial charge in [0.2, 0.25) is 0 Å². The first-order valence-corrected chi connectivity index (χ1v) is 47.0. The third-order valence-corrected chi connectivity index (χ3v) is 35.5. The van der Waals surface area contributed by atoms with Crippen molar-refractivity contribution in [3.63, 3.8) is 0 Å². The molecule has 16 bridgehead atoms. The summed E-state index contributed by atoms with van der Waals surface area (Å²) in [5, 5.41) is 0. The minimum Gasteiger partial charge on any atom is -0.496 e. The van der Waals surface area contributed by atoms with E-state index in [2.05, 4.69) is 0 Å². The maximum atomic E-state index is 15.6. The van der Waals surface area contributed by atoms with Crippen molar-refractivity contribution < 1.29 is 88.5 Å². The zero-order valence-electron chi connectivity index (χ0n) is 69.5. The molecule has 0 spiro atoms. The van der Waals surface area contributed by atoms with E-state index in [-0.39, 0.29) is 168 Å². The van der Waals surface area contributed by atoms with Crippen LogP contribution in [0.1, 0.15) is 282 Å². The fourth-order valence-corrected chi connectivity index (χ4v) is 30.5. The molecule has 9 aliphatic carbocycles. The first kappa shape index (κ1) is 83.7. The number of benzene rings is 4. The number of carbonyl (C=O) groups excluding carboxylic acids is 4. The van der Waals surface area contributed by atoms with Gasteiger partial charge in [-0.15, -0.1) is 0 Å². The van der Waals surface area contributed by atoms with E-state index in [1.165, 1.54) is 28.4 Å². The zero-order valence-corrected chi connectivity index (χ0v) is 72.8. The van der Waals surface area contributed by atoms with E-state index in [1.807, 2.05) is 135 Å². The summed E-state index contributed by atoms with van der Waals surface area (Å²) in [4.78, 5) is 57.3. The smallest absolute Gasteiger partial charge is 0.310 e. The molecule has 0 unspecified atom stereocenters. The summed E-state index contributed by atoms with van der Waals surface area (Å²) in [6.07, 6.45) is 6.01. The molecule has 0 N–H and O–H groups in total. The Balaban J connectivity index is 1.14. The number of hydrogen-bond acceptors (Lipinski definition) is 20. The van der Waals surface area contributed by atoms with Gasteiger partial charge in [0.1, 0.15) is 69.1 Å². The highest BCUT2D eigenvalue weighted by Gasteiger charge is 2.69. The van der Waals surface area contributed by atoms with Crippen LogP contribution in [-0.2, 0) is 59.7 Å². The van der Waals surface area contributed by atoms with Gasteiger partial charge in [-0.2, -0.15) is 33.7 Å². The van der Waals surface area contributed by atoms with Gasteiger partial charge in [-0.25, -0.2) is 0 Å². The van der Waals surface area contributed by atoms with E-state index in [1.54, 1.807) is 24.3 Å². The minimum atomic E-state index is -4.74. The number of rotatable bonds is 28. The molecule has 616 valence electrons. The molecule has 4 aromatic rings. The van der Waals surface area contributed by atoms with Crippen LogP contribution in [0.2, 0.25) is 0 Å². The predicted molar refractivity (Wildman–Crippen MR) is 429 cm³/mol. The molecule has 0 saturated heterocycles. The second kappa shape index (κ2) is 28.8. The van der Waals surface area contributed by atoms with Crippen LogP contribution in [0.25, 0.3) is 0 Å². The van der Waals surface area contributed by atoms with Crippen molar-refractivity contribution in [2.45, 2.75) is 237 Å². The summed E-state index contributed by atoms with van der Waals surface area (Å²) in [6.45, 7) is 31.8.